The second-order valence-electron chi connectivity index (χ2n) is 8.46. The molecule has 3 aromatic rings. The van der Waals surface area contributed by atoms with E-state index < -0.39 is 10.0 Å². The smallest absolute Gasteiger partial charge is 0.264 e. The molecule has 0 unspecified atom stereocenters. The molecule has 1 aliphatic rings. The third-order valence-electron chi connectivity index (χ3n) is 6.08. The number of para-hydroxylation sites is 1. The van der Waals surface area contributed by atoms with Crippen LogP contribution in [0.5, 0.6) is 0 Å². The van der Waals surface area contributed by atoms with E-state index in [1.165, 1.54) is 4.31 Å². The number of carbonyl (C=O) groups is 1. The van der Waals surface area contributed by atoms with Crippen molar-refractivity contribution >= 4 is 38.9 Å². The van der Waals surface area contributed by atoms with Crippen LogP contribution in [0.3, 0.4) is 0 Å². The molecule has 0 atom stereocenters. The molecule has 0 radical (unpaired) electrons. The largest absolute Gasteiger partial charge is 0.368 e. The third kappa shape index (κ3) is 5.21. The first-order valence-electron chi connectivity index (χ1n) is 11.2. The second-order valence-corrected chi connectivity index (χ2v) is 10.8. The average molecular weight is 498 g/mol. The standard InChI is InChI=1S/C26H28ClN3O3S/c1-20-8-12-24(13-9-20)34(32,33)30(25-18-22(27)11-10-21(25)2)19-26(31)29-16-14-28(15-17-29)23-6-4-3-5-7-23/h3-13,18H,14-17,19H2,1-2H3. The molecular formula is C26H28ClN3O3S. The molecule has 34 heavy (non-hydrogen) atoms. The van der Waals surface area contributed by atoms with Gasteiger partial charge in [-0.05, 0) is 55.8 Å². The van der Waals surface area contributed by atoms with Gasteiger partial charge in [-0.1, -0.05) is 53.6 Å². The summed E-state index contributed by atoms with van der Waals surface area (Å²) in [5.74, 6) is -0.234. The Balaban J connectivity index is 1.58. The van der Waals surface area contributed by atoms with Crippen LogP contribution >= 0.6 is 11.6 Å². The van der Waals surface area contributed by atoms with Gasteiger partial charge in [-0.3, -0.25) is 9.10 Å². The van der Waals surface area contributed by atoms with Gasteiger partial charge in [0.2, 0.25) is 5.91 Å². The van der Waals surface area contributed by atoms with Crippen molar-refractivity contribution in [2.45, 2.75) is 18.7 Å². The lowest BCUT2D eigenvalue weighted by Crippen LogP contribution is -2.52. The normalized spacial score (nSPS) is 14.2. The predicted octanol–water partition coefficient (Wildman–Crippen LogP) is 4.50. The van der Waals surface area contributed by atoms with E-state index in [1.54, 1.807) is 47.4 Å². The van der Waals surface area contributed by atoms with Crippen LogP contribution in [0.2, 0.25) is 5.02 Å². The lowest BCUT2D eigenvalue weighted by atomic mass is 10.2. The number of halogens is 1. The van der Waals surface area contributed by atoms with Crippen LogP contribution in [0, 0.1) is 13.8 Å². The molecule has 6 nitrogen and oxygen atoms in total. The number of aryl methyl sites for hydroxylation is 2. The van der Waals surface area contributed by atoms with Gasteiger partial charge in [-0.15, -0.1) is 0 Å². The number of nitrogens with zero attached hydrogens (tertiary/aromatic N) is 3. The van der Waals surface area contributed by atoms with Gasteiger partial charge in [-0.25, -0.2) is 8.42 Å². The van der Waals surface area contributed by atoms with E-state index in [-0.39, 0.29) is 17.3 Å². The van der Waals surface area contributed by atoms with Gasteiger partial charge in [0.05, 0.1) is 10.6 Å². The zero-order chi connectivity index (χ0) is 24.3. The molecule has 0 saturated carbocycles. The number of carbonyl (C=O) groups excluding carboxylic acids is 1. The van der Waals surface area contributed by atoms with Gasteiger partial charge >= 0.3 is 0 Å². The summed E-state index contributed by atoms with van der Waals surface area (Å²) in [4.78, 5) is 17.4. The van der Waals surface area contributed by atoms with Gasteiger partial charge in [0.15, 0.2) is 0 Å². The molecular weight excluding hydrogens is 470 g/mol. The monoisotopic (exact) mass is 497 g/mol. The molecule has 0 bridgehead atoms. The maximum Gasteiger partial charge on any atom is 0.264 e. The van der Waals surface area contributed by atoms with Gasteiger partial charge < -0.3 is 9.80 Å². The summed E-state index contributed by atoms with van der Waals surface area (Å²) < 4.78 is 28.5. The molecule has 3 aromatic carbocycles. The summed E-state index contributed by atoms with van der Waals surface area (Å²) in [5, 5.41) is 0.411. The van der Waals surface area contributed by atoms with Crippen LogP contribution in [0.4, 0.5) is 11.4 Å². The molecule has 0 aliphatic carbocycles. The first-order valence-corrected chi connectivity index (χ1v) is 13.0. The molecule has 0 N–H and O–H groups in total. The molecule has 178 valence electrons. The minimum Gasteiger partial charge on any atom is -0.368 e. The molecule has 0 aromatic heterocycles. The Morgan fingerprint density at radius 2 is 1.56 bits per heavy atom. The topological polar surface area (TPSA) is 60.9 Å². The van der Waals surface area contributed by atoms with Crippen molar-refractivity contribution in [2.75, 3.05) is 41.9 Å². The number of hydrogen-bond acceptors (Lipinski definition) is 4. The number of rotatable bonds is 6. The van der Waals surface area contributed by atoms with Crippen molar-refractivity contribution in [1.82, 2.24) is 4.90 Å². The van der Waals surface area contributed by atoms with E-state index >= 15 is 0 Å². The summed E-state index contributed by atoms with van der Waals surface area (Å²) >= 11 is 6.21. The van der Waals surface area contributed by atoms with Crippen molar-refractivity contribution in [1.29, 1.82) is 0 Å². The first kappa shape index (κ1) is 24.1. The number of amides is 1. The Kier molecular flexibility index (Phi) is 7.14. The van der Waals surface area contributed by atoms with Crippen LogP contribution in [-0.2, 0) is 14.8 Å². The van der Waals surface area contributed by atoms with E-state index in [2.05, 4.69) is 17.0 Å². The van der Waals surface area contributed by atoms with E-state index in [9.17, 15) is 13.2 Å². The van der Waals surface area contributed by atoms with Crippen LogP contribution in [-0.4, -0.2) is 51.9 Å². The minimum absolute atomic E-state index is 0.138. The molecule has 8 heteroatoms. The maximum atomic E-state index is 13.7. The van der Waals surface area contributed by atoms with Crippen molar-refractivity contribution in [2.24, 2.45) is 0 Å². The highest BCUT2D eigenvalue weighted by Crippen LogP contribution is 2.30. The summed E-state index contributed by atoms with van der Waals surface area (Å²) in [5.41, 5.74) is 3.20. The maximum absolute atomic E-state index is 13.7. The van der Waals surface area contributed by atoms with Gasteiger partial charge in [-0.2, -0.15) is 0 Å². The molecule has 1 aliphatic heterocycles. The van der Waals surface area contributed by atoms with Crippen molar-refractivity contribution in [3.63, 3.8) is 0 Å². The quantitative estimate of drug-likeness (QED) is 0.503. The summed E-state index contributed by atoms with van der Waals surface area (Å²) in [6.45, 7) is 5.86. The Morgan fingerprint density at radius 1 is 0.912 bits per heavy atom. The van der Waals surface area contributed by atoms with Crippen molar-refractivity contribution < 1.29 is 13.2 Å². The molecule has 0 spiro atoms. The Labute approximate surface area is 206 Å². The molecule has 4 rings (SSSR count). The number of sulfonamides is 1. The number of anilines is 2. The Hall–Kier alpha value is -3.03. The fraction of sp³-hybridized carbons (Fsp3) is 0.269. The lowest BCUT2D eigenvalue weighted by Gasteiger charge is -2.37. The summed E-state index contributed by atoms with van der Waals surface area (Å²) in [6.07, 6.45) is 0. The van der Waals surface area contributed by atoms with E-state index in [4.69, 9.17) is 11.6 Å². The third-order valence-corrected chi connectivity index (χ3v) is 8.09. The predicted molar refractivity (Wildman–Crippen MR) is 137 cm³/mol. The molecule has 1 amide bonds. The summed E-state index contributed by atoms with van der Waals surface area (Å²) in [6, 6.07) is 21.8. The Bertz CT molecular complexity index is 1260. The summed E-state index contributed by atoms with van der Waals surface area (Å²) in [7, 11) is -3.98. The SMILES string of the molecule is Cc1ccc(S(=O)(=O)N(CC(=O)N2CCN(c3ccccc3)CC2)c2cc(Cl)ccc2C)cc1. The zero-order valence-corrected chi connectivity index (χ0v) is 20.9. The molecule has 1 saturated heterocycles. The fourth-order valence-corrected chi connectivity index (χ4v) is 5.70. The second kappa shape index (κ2) is 10.1. The molecule has 1 fully saturated rings. The average Bonchev–Trinajstić information content (AvgIpc) is 2.85. The number of piperazine rings is 1. The zero-order valence-electron chi connectivity index (χ0n) is 19.3. The van der Waals surface area contributed by atoms with Gasteiger partial charge in [0, 0.05) is 36.9 Å². The van der Waals surface area contributed by atoms with Crippen molar-refractivity contribution in [3.05, 3.63) is 88.9 Å². The fourth-order valence-electron chi connectivity index (χ4n) is 4.06. The highest BCUT2D eigenvalue weighted by molar-refractivity contribution is 7.92. The van der Waals surface area contributed by atoms with Crippen molar-refractivity contribution in [3.8, 4) is 0 Å². The molecule has 1 heterocycles. The number of benzene rings is 3. The van der Waals surface area contributed by atoms with Crippen LogP contribution in [0.15, 0.2) is 77.7 Å². The van der Waals surface area contributed by atoms with Crippen LogP contribution in [0.25, 0.3) is 0 Å². The highest BCUT2D eigenvalue weighted by atomic mass is 35.5. The lowest BCUT2D eigenvalue weighted by molar-refractivity contribution is -0.129. The van der Waals surface area contributed by atoms with E-state index in [0.717, 1.165) is 16.8 Å². The van der Waals surface area contributed by atoms with Gasteiger partial charge in [0.25, 0.3) is 10.0 Å². The first-order chi connectivity index (χ1) is 16.3. The highest BCUT2D eigenvalue weighted by Gasteiger charge is 2.31. The van der Waals surface area contributed by atoms with Crippen LogP contribution in [0.1, 0.15) is 11.1 Å². The van der Waals surface area contributed by atoms with E-state index in [1.807, 2.05) is 32.0 Å². The van der Waals surface area contributed by atoms with Crippen LogP contribution < -0.4 is 9.21 Å². The van der Waals surface area contributed by atoms with Gasteiger partial charge in [0.1, 0.15) is 6.54 Å². The van der Waals surface area contributed by atoms with E-state index in [0.29, 0.717) is 36.9 Å². The number of hydrogen-bond donors (Lipinski definition) is 0. The Morgan fingerprint density at radius 3 is 2.21 bits per heavy atom. The minimum atomic E-state index is -3.98.